The van der Waals surface area contributed by atoms with Gasteiger partial charge in [-0.15, -0.1) is 11.3 Å². The van der Waals surface area contributed by atoms with E-state index in [9.17, 15) is 4.79 Å². The van der Waals surface area contributed by atoms with E-state index in [0.717, 1.165) is 4.88 Å². The summed E-state index contributed by atoms with van der Waals surface area (Å²) >= 11 is 1.69. The minimum absolute atomic E-state index is 0.222. The monoisotopic (exact) mass is 263 g/mol. The van der Waals surface area contributed by atoms with Crippen LogP contribution in [-0.2, 0) is 14.9 Å². The van der Waals surface area contributed by atoms with Gasteiger partial charge in [-0.25, -0.2) is 0 Å². The number of methoxy groups -OCH3 is 1. The number of carbonyl (C=O) groups is 1. The maximum atomic E-state index is 11.5. The van der Waals surface area contributed by atoms with Crippen molar-refractivity contribution in [1.82, 2.24) is 0 Å². The molecule has 0 aliphatic heterocycles. The minimum Gasteiger partial charge on any atom is -0.469 e. The fraction of sp³-hybridized carbons (Fsp3) is 0.357. The van der Waals surface area contributed by atoms with Crippen molar-refractivity contribution in [2.45, 2.75) is 18.8 Å². The minimum atomic E-state index is -0.350. The third-order valence-corrected chi connectivity index (χ3v) is 4.66. The maximum Gasteiger partial charge on any atom is 0.306 e. The van der Waals surface area contributed by atoms with Crippen LogP contribution >= 0.6 is 11.3 Å². The van der Waals surface area contributed by atoms with Crippen molar-refractivity contribution in [3.05, 3.63) is 35.2 Å². The van der Waals surface area contributed by atoms with E-state index in [4.69, 9.17) is 10.5 Å². The Kier molecular flexibility index (Phi) is 3.68. The van der Waals surface area contributed by atoms with Gasteiger partial charge in [0.2, 0.25) is 0 Å². The highest BCUT2D eigenvalue weighted by molar-refractivity contribution is 7.19. The Morgan fingerprint density at radius 1 is 1.44 bits per heavy atom. The highest BCUT2D eigenvalue weighted by atomic mass is 32.1. The molecule has 1 atom stereocenters. The lowest BCUT2D eigenvalue weighted by Gasteiger charge is -2.25. The summed E-state index contributed by atoms with van der Waals surface area (Å²) in [6.45, 7) is 2.43. The summed E-state index contributed by atoms with van der Waals surface area (Å²) in [7, 11) is 1.41. The normalized spacial score (nSPS) is 14.4. The summed E-state index contributed by atoms with van der Waals surface area (Å²) in [6, 6.07) is 10.3. The van der Waals surface area contributed by atoms with Gasteiger partial charge in [-0.2, -0.15) is 0 Å². The van der Waals surface area contributed by atoms with E-state index in [2.05, 4.69) is 18.2 Å². The Labute approximate surface area is 111 Å². The SMILES string of the molecule is COC(=O)CC(C)(CN)c1cc2ccccc2s1. The molecule has 0 aliphatic carbocycles. The third kappa shape index (κ3) is 2.40. The molecule has 1 heterocycles. The van der Waals surface area contributed by atoms with E-state index in [-0.39, 0.29) is 11.4 Å². The lowest BCUT2D eigenvalue weighted by atomic mass is 9.85. The molecule has 0 spiro atoms. The second-order valence-electron chi connectivity index (χ2n) is 4.67. The molecule has 2 N–H and O–H groups in total. The van der Waals surface area contributed by atoms with Gasteiger partial charge in [0.1, 0.15) is 0 Å². The lowest BCUT2D eigenvalue weighted by molar-refractivity contribution is -0.141. The summed E-state index contributed by atoms with van der Waals surface area (Å²) in [5, 5.41) is 1.20. The van der Waals surface area contributed by atoms with Crippen molar-refractivity contribution in [3.63, 3.8) is 0 Å². The first-order chi connectivity index (χ1) is 8.59. The summed E-state index contributed by atoms with van der Waals surface area (Å²) < 4.78 is 5.97. The number of nitrogens with two attached hydrogens (primary N) is 1. The zero-order valence-electron chi connectivity index (χ0n) is 10.6. The van der Waals surface area contributed by atoms with Crippen LogP contribution in [0.3, 0.4) is 0 Å². The molecule has 0 bridgehead atoms. The summed E-state index contributed by atoms with van der Waals surface area (Å²) in [5.41, 5.74) is 5.51. The van der Waals surface area contributed by atoms with Crippen molar-refractivity contribution in [1.29, 1.82) is 0 Å². The molecule has 0 radical (unpaired) electrons. The van der Waals surface area contributed by atoms with Crippen LogP contribution in [0.2, 0.25) is 0 Å². The first-order valence-corrected chi connectivity index (χ1v) is 6.66. The van der Waals surface area contributed by atoms with Gasteiger partial charge in [0.05, 0.1) is 13.5 Å². The summed E-state index contributed by atoms with van der Waals surface area (Å²) in [5.74, 6) is -0.222. The molecule has 18 heavy (non-hydrogen) atoms. The number of rotatable bonds is 4. The van der Waals surface area contributed by atoms with E-state index in [0.29, 0.717) is 13.0 Å². The number of esters is 1. The van der Waals surface area contributed by atoms with Gasteiger partial charge >= 0.3 is 5.97 Å². The second-order valence-corrected chi connectivity index (χ2v) is 5.75. The molecule has 2 aromatic rings. The van der Waals surface area contributed by atoms with Gasteiger partial charge in [0, 0.05) is 21.5 Å². The fourth-order valence-electron chi connectivity index (χ4n) is 1.93. The highest BCUT2D eigenvalue weighted by Gasteiger charge is 2.30. The average molecular weight is 263 g/mol. The quantitative estimate of drug-likeness (QED) is 0.863. The van der Waals surface area contributed by atoms with Crippen LogP contribution in [0, 0.1) is 0 Å². The Hall–Kier alpha value is -1.39. The molecule has 96 valence electrons. The van der Waals surface area contributed by atoms with E-state index in [1.54, 1.807) is 11.3 Å². The van der Waals surface area contributed by atoms with Gasteiger partial charge in [0.25, 0.3) is 0 Å². The third-order valence-electron chi connectivity index (χ3n) is 3.23. The molecular weight excluding hydrogens is 246 g/mol. The number of carbonyl (C=O) groups excluding carboxylic acids is 1. The molecule has 0 saturated heterocycles. The van der Waals surface area contributed by atoms with Crippen LogP contribution in [0.25, 0.3) is 10.1 Å². The lowest BCUT2D eigenvalue weighted by Crippen LogP contribution is -2.33. The van der Waals surface area contributed by atoms with Crippen LogP contribution in [0.15, 0.2) is 30.3 Å². The molecule has 0 fully saturated rings. The molecule has 0 aliphatic rings. The predicted molar refractivity (Wildman–Crippen MR) is 74.9 cm³/mol. The molecule has 1 aromatic carbocycles. The number of fused-ring (bicyclic) bond motifs is 1. The van der Waals surface area contributed by atoms with Gasteiger partial charge in [0.15, 0.2) is 0 Å². The summed E-state index contributed by atoms with van der Waals surface area (Å²) in [6.07, 6.45) is 0.312. The van der Waals surface area contributed by atoms with Crippen molar-refractivity contribution in [2.24, 2.45) is 5.73 Å². The van der Waals surface area contributed by atoms with Crippen LogP contribution in [0.4, 0.5) is 0 Å². The Morgan fingerprint density at radius 2 is 2.17 bits per heavy atom. The molecule has 2 rings (SSSR count). The zero-order chi connectivity index (χ0) is 13.2. The predicted octanol–water partition coefficient (Wildman–Crippen LogP) is 2.68. The molecule has 0 saturated carbocycles. The first-order valence-electron chi connectivity index (χ1n) is 5.85. The van der Waals surface area contributed by atoms with E-state index >= 15 is 0 Å². The van der Waals surface area contributed by atoms with Crippen molar-refractivity contribution in [3.8, 4) is 0 Å². The molecular formula is C14H17NO2S. The maximum absolute atomic E-state index is 11.5. The molecule has 0 amide bonds. The summed E-state index contributed by atoms with van der Waals surface area (Å²) in [4.78, 5) is 12.6. The van der Waals surface area contributed by atoms with Crippen molar-refractivity contribution in [2.75, 3.05) is 13.7 Å². The Balaban J connectivity index is 2.39. The number of benzene rings is 1. The van der Waals surface area contributed by atoms with Crippen LogP contribution < -0.4 is 5.73 Å². The molecule has 4 heteroatoms. The number of hydrogen-bond acceptors (Lipinski definition) is 4. The molecule has 1 aromatic heterocycles. The zero-order valence-corrected chi connectivity index (χ0v) is 11.4. The molecule has 1 unspecified atom stereocenters. The van der Waals surface area contributed by atoms with Gasteiger partial charge < -0.3 is 10.5 Å². The number of hydrogen-bond donors (Lipinski definition) is 1. The van der Waals surface area contributed by atoms with Crippen LogP contribution in [0.5, 0.6) is 0 Å². The Morgan fingerprint density at radius 3 is 2.78 bits per heavy atom. The Bertz CT molecular complexity index is 531. The van der Waals surface area contributed by atoms with Crippen LogP contribution in [-0.4, -0.2) is 19.6 Å². The van der Waals surface area contributed by atoms with Crippen LogP contribution in [0.1, 0.15) is 18.2 Å². The van der Waals surface area contributed by atoms with E-state index in [1.807, 2.05) is 19.1 Å². The van der Waals surface area contributed by atoms with E-state index in [1.165, 1.54) is 17.2 Å². The average Bonchev–Trinajstić information content (AvgIpc) is 2.82. The first kappa shape index (κ1) is 13.1. The topological polar surface area (TPSA) is 52.3 Å². The van der Waals surface area contributed by atoms with Crippen molar-refractivity contribution < 1.29 is 9.53 Å². The van der Waals surface area contributed by atoms with Gasteiger partial charge in [-0.05, 0) is 17.5 Å². The smallest absolute Gasteiger partial charge is 0.306 e. The largest absolute Gasteiger partial charge is 0.469 e. The fourth-order valence-corrected chi connectivity index (χ4v) is 3.15. The second kappa shape index (κ2) is 5.08. The number of ether oxygens (including phenoxy) is 1. The van der Waals surface area contributed by atoms with Gasteiger partial charge in [-0.1, -0.05) is 25.1 Å². The van der Waals surface area contributed by atoms with Gasteiger partial charge in [-0.3, -0.25) is 4.79 Å². The number of thiophene rings is 1. The standard InChI is InChI=1S/C14H17NO2S/c1-14(9-15,8-13(16)17-2)12-7-10-5-3-4-6-11(10)18-12/h3-7H,8-9,15H2,1-2H3. The van der Waals surface area contributed by atoms with Crippen molar-refractivity contribution >= 4 is 27.4 Å². The highest BCUT2D eigenvalue weighted by Crippen LogP contribution is 2.36. The van der Waals surface area contributed by atoms with E-state index < -0.39 is 0 Å². The molecule has 3 nitrogen and oxygen atoms in total.